The molecule has 3 heterocycles. The first kappa shape index (κ1) is 23.7. The van der Waals surface area contributed by atoms with Gasteiger partial charge in [0.05, 0.1) is 10.6 Å². The zero-order valence-corrected chi connectivity index (χ0v) is 21.6. The monoisotopic (exact) mass is 516 g/mol. The lowest BCUT2D eigenvalue weighted by Crippen LogP contribution is -2.35. The number of rotatable bonds is 6. The second-order valence-corrected chi connectivity index (χ2v) is 13.0. The highest BCUT2D eigenvalue weighted by Gasteiger charge is 2.26. The minimum atomic E-state index is -3.48. The van der Waals surface area contributed by atoms with Crippen LogP contribution in [0.5, 0.6) is 0 Å². The lowest BCUT2D eigenvalue weighted by molar-refractivity contribution is -0.113. The molecule has 1 aromatic carbocycles. The van der Waals surface area contributed by atoms with Crippen LogP contribution < -0.4 is 5.32 Å². The van der Waals surface area contributed by atoms with Crippen molar-refractivity contribution in [3.05, 3.63) is 41.0 Å². The SMILES string of the molecule is CC1CCc2c(sc3ncnc(SCC(=O)Nc4ccc(S(=O)(=O)N5CCCCC5)cc4)c23)C1. The molecule has 0 saturated carbocycles. The molecule has 0 radical (unpaired) electrons. The van der Waals surface area contributed by atoms with Crippen molar-refractivity contribution in [2.75, 3.05) is 24.2 Å². The van der Waals surface area contributed by atoms with Gasteiger partial charge in [-0.3, -0.25) is 4.79 Å². The molecule has 5 rings (SSSR count). The van der Waals surface area contributed by atoms with Gasteiger partial charge in [0.1, 0.15) is 16.2 Å². The van der Waals surface area contributed by atoms with Gasteiger partial charge in [0.15, 0.2) is 0 Å². The minimum Gasteiger partial charge on any atom is -0.325 e. The number of thiophene rings is 1. The maximum Gasteiger partial charge on any atom is 0.243 e. The molecule has 2 aliphatic rings. The normalized spacial score (nSPS) is 19.1. The Bertz CT molecular complexity index is 1300. The van der Waals surface area contributed by atoms with Crippen LogP contribution in [0.3, 0.4) is 0 Å². The highest BCUT2D eigenvalue weighted by atomic mass is 32.2. The Morgan fingerprint density at radius 3 is 2.71 bits per heavy atom. The van der Waals surface area contributed by atoms with Crippen molar-refractivity contribution >= 4 is 54.9 Å². The molecule has 3 aromatic rings. The van der Waals surface area contributed by atoms with Gasteiger partial charge in [-0.15, -0.1) is 11.3 Å². The number of thioether (sulfide) groups is 1. The second-order valence-electron chi connectivity index (χ2n) is 9.04. The summed E-state index contributed by atoms with van der Waals surface area (Å²) in [6.07, 6.45) is 7.75. The number of fused-ring (bicyclic) bond motifs is 3. The summed E-state index contributed by atoms with van der Waals surface area (Å²) in [4.78, 5) is 24.2. The number of nitrogens with zero attached hydrogens (tertiary/aromatic N) is 3. The van der Waals surface area contributed by atoms with E-state index < -0.39 is 10.0 Å². The van der Waals surface area contributed by atoms with Gasteiger partial charge in [0.2, 0.25) is 15.9 Å². The van der Waals surface area contributed by atoms with Crippen molar-refractivity contribution in [1.29, 1.82) is 0 Å². The van der Waals surface area contributed by atoms with E-state index in [0.29, 0.717) is 24.7 Å². The molecule has 1 unspecified atom stereocenters. The number of piperidine rings is 1. The van der Waals surface area contributed by atoms with Gasteiger partial charge in [-0.05, 0) is 67.9 Å². The van der Waals surface area contributed by atoms with Gasteiger partial charge in [-0.2, -0.15) is 4.31 Å². The third kappa shape index (κ3) is 4.86. The largest absolute Gasteiger partial charge is 0.325 e. The van der Waals surface area contributed by atoms with Crippen LogP contribution in [0, 0.1) is 5.92 Å². The minimum absolute atomic E-state index is 0.152. The van der Waals surface area contributed by atoms with E-state index in [2.05, 4.69) is 22.2 Å². The van der Waals surface area contributed by atoms with E-state index in [-0.39, 0.29) is 16.6 Å². The zero-order valence-electron chi connectivity index (χ0n) is 19.1. The Balaban J connectivity index is 1.24. The van der Waals surface area contributed by atoms with Gasteiger partial charge < -0.3 is 5.32 Å². The molecule has 7 nitrogen and oxygen atoms in total. The Labute approximate surface area is 208 Å². The van der Waals surface area contributed by atoms with E-state index in [1.165, 1.54) is 28.6 Å². The third-order valence-corrected chi connectivity index (χ3v) is 10.6. The van der Waals surface area contributed by atoms with Crippen LogP contribution in [0.1, 0.15) is 43.0 Å². The van der Waals surface area contributed by atoms with Crippen LogP contribution >= 0.6 is 23.1 Å². The lowest BCUT2D eigenvalue weighted by Gasteiger charge is -2.25. The summed E-state index contributed by atoms with van der Waals surface area (Å²) in [7, 11) is -3.48. The van der Waals surface area contributed by atoms with Crippen LogP contribution in [-0.2, 0) is 27.7 Å². The van der Waals surface area contributed by atoms with Crippen LogP contribution in [0.2, 0.25) is 0 Å². The molecule has 1 aliphatic heterocycles. The predicted octanol–water partition coefficient (Wildman–Crippen LogP) is 4.72. The van der Waals surface area contributed by atoms with Crippen molar-refractivity contribution in [2.24, 2.45) is 5.92 Å². The maximum atomic E-state index is 12.8. The Morgan fingerprint density at radius 2 is 1.94 bits per heavy atom. The van der Waals surface area contributed by atoms with Gasteiger partial charge in [0, 0.05) is 29.0 Å². The van der Waals surface area contributed by atoms with E-state index >= 15 is 0 Å². The fourth-order valence-corrected chi connectivity index (χ4v) is 8.41. The first-order chi connectivity index (χ1) is 16.4. The first-order valence-electron chi connectivity index (χ1n) is 11.7. The summed E-state index contributed by atoms with van der Waals surface area (Å²) in [6, 6.07) is 6.44. The van der Waals surface area contributed by atoms with Crippen molar-refractivity contribution in [3.63, 3.8) is 0 Å². The molecule has 1 N–H and O–H groups in total. The first-order valence-corrected chi connectivity index (χ1v) is 14.9. The van der Waals surface area contributed by atoms with Gasteiger partial charge >= 0.3 is 0 Å². The molecule has 10 heteroatoms. The van der Waals surface area contributed by atoms with E-state index in [9.17, 15) is 13.2 Å². The second kappa shape index (κ2) is 9.93. The summed E-state index contributed by atoms with van der Waals surface area (Å²) in [5.74, 6) is 0.763. The quantitative estimate of drug-likeness (QED) is 0.376. The molecule has 0 spiro atoms. The number of amides is 1. The van der Waals surface area contributed by atoms with E-state index in [4.69, 9.17) is 0 Å². The summed E-state index contributed by atoms with van der Waals surface area (Å²) in [5.41, 5.74) is 1.94. The predicted molar refractivity (Wildman–Crippen MR) is 137 cm³/mol. The van der Waals surface area contributed by atoms with Gasteiger partial charge in [-0.25, -0.2) is 18.4 Å². The lowest BCUT2D eigenvalue weighted by atomic mass is 9.89. The molecule has 34 heavy (non-hydrogen) atoms. The van der Waals surface area contributed by atoms with Crippen LogP contribution in [0.25, 0.3) is 10.2 Å². The van der Waals surface area contributed by atoms with Crippen molar-refractivity contribution < 1.29 is 13.2 Å². The highest BCUT2D eigenvalue weighted by Crippen LogP contribution is 2.40. The fraction of sp³-hybridized carbons (Fsp3) is 0.458. The number of aromatic nitrogens is 2. The number of carbonyl (C=O) groups is 1. The molecule has 1 saturated heterocycles. The number of nitrogens with one attached hydrogen (secondary N) is 1. The van der Waals surface area contributed by atoms with Crippen LogP contribution in [0.4, 0.5) is 5.69 Å². The number of anilines is 1. The van der Waals surface area contributed by atoms with Crippen molar-refractivity contribution in [2.45, 2.75) is 55.4 Å². The third-order valence-electron chi connectivity index (χ3n) is 6.49. The van der Waals surface area contributed by atoms with Crippen LogP contribution in [0.15, 0.2) is 40.5 Å². The fourth-order valence-electron chi connectivity index (χ4n) is 4.65. The number of sulfonamides is 1. The van der Waals surface area contributed by atoms with Crippen LogP contribution in [-0.4, -0.2) is 47.4 Å². The zero-order chi connectivity index (χ0) is 23.7. The number of hydrogen-bond acceptors (Lipinski definition) is 7. The number of hydrogen-bond donors (Lipinski definition) is 1. The molecular formula is C24H28N4O3S3. The Kier molecular flexibility index (Phi) is 6.92. The number of carbonyl (C=O) groups excluding carboxylic acids is 1. The summed E-state index contributed by atoms with van der Waals surface area (Å²) in [5, 5.41) is 4.84. The van der Waals surface area contributed by atoms with Crippen molar-refractivity contribution in [1.82, 2.24) is 14.3 Å². The van der Waals surface area contributed by atoms with E-state index in [1.807, 2.05) is 0 Å². The number of benzene rings is 1. The van der Waals surface area contributed by atoms with Crippen molar-refractivity contribution in [3.8, 4) is 0 Å². The van der Waals surface area contributed by atoms with E-state index in [1.54, 1.807) is 46.2 Å². The topological polar surface area (TPSA) is 92.3 Å². The summed E-state index contributed by atoms with van der Waals surface area (Å²) >= 11 is 3.17. The molecular weight excluding hydrogens is 488 g/mol. The maximum absolute atomic E-state index is 12.8. The Hall–Kier alpha value is -2.01. The molecule has 1 fully saturated rings. The smallest absolute Gasteiger partial charge is 0.243 e. The molecule has 180 valence electrons. The highest BCUT2D eigenvalue weighted by molar-refractivity contribution is 8.00. The molecule has 1 atom stereocenters. The number of aryl methyl sites for hydroxylation is 1. The molecule has 0 bridgehead atoms. The standard InChI is InChI=1S/C24H28N4O3S3/c1-16-5-10-19-20(13-16)33-24-22(19)23(25-15-26-24)32-14-21(29)27-17-6-8-18(9-7-17)34(30,31)28-11-3-2-4-12-28/h6-9,15-16H,2-5,10-14H2,1H3,(H,27,29). The summed E-state index contributed by atoms with van der Waals surface area (Å²) in [6.45, 7) is 3.43. The van der Waals surface area contributed by atoms with Gasteiger partial charge in [0.25, 0.3) is 0 Å². The molecule has 2 aromatic heterocycles. The Morgan fingerprint density at radius 1 is 1.18 bits per heavy atom. The molecule has 1 amide bonds. The molecule has 1 aliphatic carbocycles. The summed E-state index contributed by atoms with van der Waals surface area (Å²) < 4.78 is 27.2. The average Bonchev–Trinajstić information content (AvgIpc) is 3.21. The van der Waals surface area contributed by atoms with E-state index in [0.717, 1.165) is 47.3 Å². The van der Waals surface area contributed by atoms with Gasteiger partial charge in [-0.1, -0.05) is 25.1 Å². The average molecular weight is 517 g/mol.